The predicted molar refractivity (Wildman–Crippen MR) is 176 cm³/mol. The third kappa shape index (κ3) is 7.90. The summed E-state index contributed by atoms with van der Waals surface area (Å²) >= 11 is 0. The Balaban J connectivity index is 1.32. The van der Waals surface area contributed by atoms with E-state index in [0.29, 0.717) is 26.2 Å². The van der Waals surface area contributed by atoms with E-state index >= 15 is 0 Å². The number of methoxy groups -OCH3 is 2. The Bertz CT molecular complexity index is 1390. The summed E-state index contributed by atoms with van der Waals surface area (Å²) in [6.45, 7) is 5.44. The molecule has 3 aromatic carbocycles. The van der Waals surface area contributed by atoms with Crippen molar-refractivity contribution in [1.82, 2.24) is 0 Å². The van der Waals surface area contributed by atoms with Crippen molar-refractivity contribution in [2.45, 2.75) is 87.2 Å². The number of fused-ring (bicyclic) bond motifs is 4. The molecular formula is C38H46O10. The first-order valence-electron chi connectivity index (χ1n) is 16.5. The number of hydrogen-bond donors (Lipinski definition) is 1. The van der Waals surface area contributed by atoms with Gasteiger partial charge in [0.2, 0.25) is 0 Å². The number of aliphatic hydroxyl groups is 1. The van der Waals surface area contributed by atoms with Crippen molar-refractivity contribution in [2.24, 2.45) is 0 Å². The molecule has 10 heteroatoms. The molecule has 258 valence electrons. The molecule has 10 nitrogen and oxygen atoms in total. The first-order chi connectivity index (χ1) is 23.5. The van der Waals surface area contributed by atoms with E-state index in [2.05, 4.69) is 6.58 Å². The van der Waals surface area contributed by atoms with Crippen LogP contribution >= 0.6 is 0 Å². The first kappa shape index (κ1) is 34.8. The second kappa shape index (κ2) is 16.6. The summed E-state index contributed by atoms with van der Waals surface area (Å²) in [6, 6.07) is 29.7. The van der Waals surface area contributed by atoms with Crippen molar-refractivity contribution in [3.8, 4) is 0 Å². The van der Waals surface area contributed by atoms with Crippen LogP contribution in [0.1, 0.15) is 23.1 Å². The normalized spacial score (nSPS) is 33.3. The fourth-order valence-electron chi connectivity index (χ4n) is 6.63. The van der Waals surface area contributed by atoms with Crippen LogP contribution in [0.15, 0.2) is 104 Å². The highest BCUT2D eigenvalue weighted by Gasteiger charge is 2.58. The van der Waals surface area contributed by atoms with E-state index in [1.807, 2.05) is 91.0 Å². The SMILES string of the molecule is C=C[C@]12CCO[C@@H]([C@H](O[C@H]3[C@H](OCc4ccccc4)[C@@H](OCc4ccccc4)[C@@H](OC)O[C@@H]3COCc3ccccc3)O1)[C@@H](OC)[C@@H]2O. The van der Waals surface area contributed by atoms with Gasteiger partial charge in [-0.15, -0.1) is 6.58 Å². The summed E-state index contributed by atoms with van der Waals surface area (Å²) in [5, 5.41) is 11.3. The molecule has 10 atom stereocenters. The van der Waals surface area contributed by atoms with Crippen LogP contribution in [0.2, 0.25) is 0 Å². The van der Waals surface area contributed by atoms with Gasteiger partial charge in [0.05, 0.1) is 33.0 Å². The molecule has 0 unspecified atom stereocenters. The molecule has 4 aliphatic rings. The van der Waals surface area contributed by atoms with E-state index < -0.39 is 60.9 Å². The summed E-state index contributed by atoms with van der Waals surface area (Å²) in [7, 11) is 3.12. The molecule has 0 saturated carbocycles. The largest absolute Gasteiger partial charge is 0.387 e. The predicted octanol–water partition coefficient (Wildman–Crippen LogP) is 4.58. The van der Waals surface area contributed by atoms with Gasteiger partial charge >= 0.3 is 0 Å². The zero-order valence-corrected chi connectivity index (χ0v) is 27.5. The van der Waals surface area contributed by atoms with Crippen LogP contribution in [-0.2, 0) is 62.5 Å². The van der Waals surface area contributed by atoms with Gasteiger partial charge in [-0.25, -0.2) is 0 Å². The summed E-state index contributed by atoms with van der Waals surface area (Å²) in [4.78, 5) is 0. The Hall–Kier alpha value is -3.00. The second-order valence-corrected chi connectivity index (χ2v) is 12.3. The van der Waals surface area contributed by atoms with Crippen molar-refractivity contribution < 1.29 is 47.7 Å². The number of hydrogen-bond acceptors (Lipinski definition) is 10. The topological polar surface area (TPSA) is 103 Å². The number of rotatable bonds is 15. The molecule has 48 heavy (non-hydrogen) atoms. The fraction of sp³-hybridized carbons (Fsp3) is 0.474. The lowest BCUT2D eigenvalue weighted by atomic mass is 9.85. The van der Waals surface area contributed by atoms with Crippen LogP contribution in [0.5, 0.6) is 0 Å². The maximum Gasteiger partial charge on any atom is 0.188 e. The Morgan fingerprint density at radius 2 is 1.33 bits per heavy atom. The van der Waals surface area contributed by atoms with Gasteiger partial charge in [0.15, 0.2) is 12.6 Å². The monoisotopic (exact) mass is 662 g/mol. The molecule has 0 aliphatic carbocycles. The van der Waals surface area contributed by atoms with Crippen LogP contribution in [-0.4, -0.2) is 93.4 Å². The quantitative estimate of drug-likeness (QED) is 0.233. The van der Waals surface area contributed by atoms with E-state index in [1.54, 1.807) is 13.2 Å². The minimum Gasteiger partial charge on any atom is -0.387 e. The van der Waals surface area contributed by atoms with E-state index in [0.717, 1.165) is 16.7 Å². The molecule has 0 amide bonds. The fourth-order valence-corrected chi connectivity index (χ4v) is 6.63. The molecule has 0 aromatic heterocycles. The second-order valence-electron chi connectivity index (χ2n) is 12.3. The number of aliphatic hydroxyl groups excluding tert-OH is 1. The number of benzene rings is 3. The molecular weight excluding hydrogens is 616 g/mol. The highest BCUT2D eigenvalue weighted by Crippen LogP contribution is 2.42. The maximum absolute atomic E-state index is 11.3. The zero-order valence-electron chi connectivity index (χ0n) is 27.5. The van der Waals surface area contributed by atoms with Gasteiger partial charge in [-0.1, -0.05) is 97.1 Å². The summed E-state index contributed by atoms with van der Waals surface area (Å²) in [5.74, 6) is 0. The summed E-state index contributed by atoms with van der Waals surface area (Å²) in [6.07, 6.45) is -5.04. The van der Waals surface area contributed by atoms with Gasteiger partial charge in [0.25, 0.3) is 0 Å². The van der Waals surface area contributed by atoms with E-state index in [9.17, 15) is 5.11 Å². The molecule has 7 rings (SSSR count). The lowest BCUT2D eigenvalue weighted by Gasteiger charge is -2.50. The molecule has 4 fully saturated rings. The van der Waals surface area contributed by atoms with Crippen molar-refractivity contribution >= 4 is 0 Å². The minimum absolute atomic E-state index is 0.164. The van der Waals surface area contributed by atoms with Crippen LogP contribution in [0.25, 0.3) is 0 Å². The minimum atomic E-state index is -1.13. The molecule has 0 spiro atoms. The zero-order chi connectivity index (χ0) is 33.3. The highest BCUT2D eigenvalue weighted by atomic mass is 16.8. The van der Waals surface area contributed by atoms with Crippen LogP contribution in [0, 0.1) is 0 Å². The molecule has 1 N–H and O–H groups in total. The van der Waals surface area contributed by atoms with Gasteiger partial charge in [0, 0.05) is 20.6 Å². The third-order valence-electron chi connectivity index (χ3n) is 9.24. The smallest absolute Gasteiger partial charge is 0.188 e. The molecule has 0 radical (unpaired) electrons. The van der Waals surface area contributed by atoms with Gasteiger partial charge in [0.1, 0.15) is 48.3 Å². The standard InChI is InChI=1S/C38H46O10/c1-4-38-20-21-43-34(32(40-2)35(38)39)37(48-38)47-30-29(25-42-22-26-14-8-5-9-15-26)46-36(41-3)33(45-24-28-18-12-7-13-19-28)31(30)44-23-27-16-10-6-11-17-27/h4-19,29-37,39H,1,20-25H2,2-3H3/t29-,30-,31+,32-,33-,34-,35+,36+,37-,38-/m1/s1. The van der Waals surface area contributed by atoms with Gasteiger partial charge < -0.3 is 47.7 Å². The molecule has 4 aliphatic heterocycles. The van der Waals surface area contributed by atoms with Gasteiger partial charge in [-0.3, -0.25) is 0 Å². The van der Waals surface area contributed by atoms with Crippen LogP contribution < -0.4 is 0 Å². The third-order valence-corrected chi connectivity index (χ3v) is 9.24. The molecule has 4 heterocycles. The average Bonchev–Trinajstić information content (AvgIpc) is 3.40. The molecule has 4 saturated heterocycles. The lowest BCUT2D eigenvalue weighted by Crippen LogP contribution is -2.67. The van der Waals surface area contributed by atoms with Crippen molar-refractivity contribution in [2.75, 3.05) is 27.4 Å². The summed E-state index contributed by atoms with van der Waals surface area (Å²) in [5.41, 5.74) is 1.86. The Morgan fingerprint density at radius 3 is 1.90 bits per heavy atom. The Kier molecular flexibility index (Phi) is 12.1. The van der Waals surface area contributed by atoms with Gasteiger partial charge in [-0.2, -0.15) is 0 Å². The van der Waals surface area contributed by atoms with E-state index in [-0.39, 0.29) is 13.2 Å². The van der Waals surface area contributed by atoms with Crippen molar-refractivity contribution in [3.05, 3.63) is 120 Å². The molecule has 2 bridgehead atoms. The Morgan fingerprint density at radius 1 is 0.750 bits per heavy atom. The Labute approximate surface area is 282 Å². The van der Waals surface area contributed by atoms with Crippen molar-refractivity contribution in [3.63, 3.8) is 0 Å². The average molecular weight is 663 g/mol. The van der Waals surface area contributed by atoms with E-state index in [1.165, 1.54) is 7.11 Å². The van der Waals surface area contributed by atoms with Crippen LogP contribution in [0.4, 0.5) is 0 Å². The van der Waals surface area contributed by atoms with Crippen molar-refractivity contribution in [1.29, 1.82) is 0 Å². The first-order valence-corrected chi connectivity index (χ1v) is 16.5. The number of ether oxygens (including phenoxy) is 9. The lowest BCUT2D eigenvalue weighted by molar-refractivity contribution is -0.370. The highest BCUT2D eigenvalue weighted by molar-refractivity contribution is 5.16. The summed E-state index contributed by atoms with van der Waals surface area (Å²) < 4.78 is 57.4. The maximum atomic E-state index is 11.3. The van der Waals surface area contributed by atoms with E-state index in [4.69, 9.17) is 42.6 Å². The van der Waals surface area contributed by atoms with Crippen LogP contribution in [0.3, 0.4) is 0 Å². The molecule has 3 aromatic rings. The van der Waals surface area contributed by atoms with Gasteiger partial charge in [-0.05, 0) is 16.7 Å².